The van der Waals surface area contributed by atoms with Gasteiger partial charge in [0.1, 0.15) is 17.5 Å². The fourth-order valence-corrected chi connectivity index (χ4v) is 1.90. The molecule has 0 saturated carbocycles. The Morgan fingerprint density at radius 1 is 1.00 bits per heavy atom. The highest BCUT2D eigenvalue weighted by Crippen LogP contribution is 2.20. The number of hydrogen-bond donors (Lipinski definition) is 2. The molecule has 0 aromatic carbocycles. The summed E-state index contributed by atoms with van der Waals surface area (Å²) < 4.78 is 10.4. The molecule has 0 atom stereocenters. The van der Waals surface area contributed by atoms with Crippen LogP contribution in [0.4, 0.5) is 11.6 Å². The van der Waals surface area contributed by atoms with Gasteiger partial charge in [-0.2, -0.15) is 0 Å². The second-order valence-corrected chi connectivity index (χ2v) is 4.77. The molecule has 1 rings (SSSR count). The average Bonchev–Trinajstić information content (AvgIpc) is 2.47. The number of aromatic nitrogens is 2. The second-order valence-electron chi connectivity index (χ2n) is 4.77. The highest BCUT2D eigenvalue weighted by atomic mass is 16.5. The number of rotatable bonds is 11. The molecule has 0 unspecified atom stereocenters. The summed E-state index contributed by atoms with van der Waals surface area (Å²) in [6.07, 6.45) is 1.92. The Kier molecular flexibility index (Phi) is 8.69. The van der Waals surface area contributed by atoms with Gasteiger partial charge in [0.25, 0.3) is 0 Å². The van der Waals surface area contributed by atoms with E-state index < -0.39 is 0 Å². The van der Waals surface area contributed by atoms with Crippen molar-refractivity contribution in [1.82, 2.24) is 9.97 Å². The molecule has 1 aromatic heterocycles. The minimum Gasteiger partial charge on any atom is -0.382 e. The van der Waals surface area contributed by atoms with E-state index in [1.807, 2.05) is 6.92 Å². The summed E-state index contributed by atoms with van der Waals surface area (Å²) in [4.78, 5) is 9.17. The maximum Gasteiger partial charge on any atom is 0.134 e. The van der Waals surface area contributed by atoms with Crippen molar-refractivity contribution in [2.24, 2.45) is 0 Å². The minimum atomic E-state index is 0.616. The van der Waals surface area contributed by atoms with Crippen molar-refractivity contribution >= 4 is 11.6 Å². The van der Waals surface area contributed by atoms with Crippen LogP contribution >= 0.6 is 0 Å². The van der Waals surface area contributed by atoms with Crippen LogP contribution in [0.5, 0.6) is 0 Å². The number of nitrogens with zero attached hydrogens (tertiary/aromatic N) is 2. The summed E-state index contributed by atoms with van der Waals surface area (Å²) >= 11 is 0. The van der Waals surface area contributed by atoms with E-state index in [4.69, 9.17) is 9.47 Å². The van der Waals surface area contributed by atoms with E-state index in [1.54, 1.807) is 7.11 Å². The molecule has 1 heterocycles. The first-order chi connectivity index (χ1) is 10.2. The molecular formula is C15H28N4O2. The van der Waals surface area contributed by atoms with E-state index in [0.29, 0.717) is 19.8 Å². The number of anilines is 2. The molecule has 120 valence electrons. The number of nitrogens with one attached hydrogen (secondary N) is 2. The van der Waals surface area contributed by atoms with Gasteiger partial charge in [-0.05, 0) is 20.3 Å². The molecule has 0 aliphatic heterocycles. The number of aryl methyl sites for hydroxylation is 1. The summed E-state index contributed by atoms with van der Waals surface area (Å²) in [5, 5.41) is 6.62. The average molecular weight is 296 g/mol. The minimum absolute atomic E-state index is 0.616. The van der Waals surface area contributed by atoms with Crippen LogP contribution in [-0.2, 0) is 15.9 Å². The fourth-order valence-electron chi connectivity index (χ4n) is 1.90. The lowest BCUT2D eigenvalue weighted by atomic mass is 10.2. The Bertz CT molecular complexity index is 413. The number of methoxy groups -OCH3 is 1. The Labute approximate surface area is 127 Å². The molecule has 1 aromatic rings. The van der Waals surface area contributed by atoms with Crippen LogP contribution in [0.3, 0.4) is 0 Å². The zero-order valence-corrected chi connectivity index (χ0v) is 13.7. The van der Waals surface area contributed by atoms with Crippen LogP contribution in [0.2, 0.25) is 0 Å². The Morgan fingerprint density at radius 2 is 1.71 bits per heavy atom. The first-order valence-electron chi connectivity index (χ1n) is 7.64. The third-order valence-corrected chi connectivity index (χ3v) is 2.98. The van der Waals surface area contributed by atoms with Gasteiger partial charge in [0.05, 0.1) is 19.8 Å². The van der Waals surface area contributed by atoms with Crippen molar-refractivity contribution in [3.05, 3.63) is 11.4 Å². The molecule has 0 saturated heterocycles. The topological polar surface area (TPSA) is 68.3 Å². The summed E-state index contributed by atoms with van der Waals surface area (Å²) in [5.41, 5.74) is 1.05. The van der Waals surface area contributed by atoms with Crippen molar-refractivity contribution < 1.29 is 9.47 Å². The van der Waals surface area contributed by atoms with Crippen LogP contribution in [0.15, 0.2) is 0 Å². The summed E-state index contributed by atoms with van der Waals surface area (Å²) in [6, 6.07) is 0. The zero-order valence-electron chi connectivity index (χ0n) is 13.7. The first-order valence-corrected chi connectivity index (χ1v) is 7.64. The van der Waals surface area contributed by atoms with Gasteiger partial charge in [0, 0.05) is 32.2 Å². The zero-order chi connectivity index (χ0) is 15.5. The van der Waals surface area contributed by atoms with Gasteiger partial charge in [-0.3, -0.25) is 0 Å². The molecule has 21 heavy (non-hydrogen) atoms. The Balaban J connectivity index is 2.61. The molecular weight excluding hydrogens is 268 g/mol. The van der Waals surface area contributed by atoms with Crippen molar-refractivity contribution in [2.45, 2.75) is 33.6 Å². The molecule has 0 bridgehead atoms. The largest absolute Gasteiger partial charge is 0.382 e. The maximum absolute atomic E-state index is 5.44. The van der Waals surface area contributed by atoms with E-state index in [9.17, 15) is 0 Å². The second kappa shape index (κ2) is 10.3. The normalized spacial score (nSPS) is 10.7. The molecule has 0 aliphatic carbocycles. The lowest BCUT2D eigenvalue weighted by Crippen LogP contribution is -2.15. The third kappa shape index (κ3) is 6.27. The van der Waals surface area contributed by atoms with Crippen LogP contribution < -0.4 is 10.6 Å². The number of hydrogen-bond acceptors (Lipinski definition) is 6. The van der Waals surface area contributed by atoms with Crippen molar-refractivity contribution in [3.63, 3.8) is 0 Å². The molecule has 6 heteroatoms. The third-order valence-electron chi connectivity index (χ3n) is 2.98. The van der Waals surface area contributed by atoms with Crippen molar-refractivity contribution in [1.29, 1.82) is 0 Å². The molecule has 2 N–H and O–H groups in total. The lowest BCUT2D eigenvalue weighted by molar-refractivity contribution is 0.0759. The van der Waals surface area contributed by atoms with Gasteiger partial charge in [-0.25, -0.2) is 9.97 Å². The van der Waals surface area contributed by atoms with Gasteiger partial charge in [0.2, 0.25) is 0 Å². The smallest absolute Gasteiger partial charge is 0.134 e. The van der Waals surface area contributed by atoms with Crippen LogP contribution in [0.25, 0.3) is 0 Å². The predicted molar refractivity (Wildman–Crippen MR) is 86.1 cm³/mol. The Morgan fingerprint density at radius 3 is 2.33 bits per heavy atom. The maximum atomic E-state index is 5.44. The molecule has 6 nitrogen and oxygen atoms in total. The summed E-state index contributed by atoms with van der Waals surface area (Å²) in [6.45, 7) is 9.67. The van der Waals surface area contributed by atoms with E-state index >= 15 is 0 Å². The fraction of sp³-hybridized carbons (Fsp3) is 0.733. The Hall–Kier alpha value is -1.40. The monoisotopic (exact) mass is 296 g/mol. The highest BCUT2D eigenvalue weighted by Gasteiger charge is 2.09. The lowest BCUT2D eigenvalue weighted by Gasteiger charge is -2.14. The quantitative estimate of drug-likeness (QED) is 0.610. The van der Waals surface area contributed by atoms with E-state index in [0.717, 1.165) is 49.0 Å². The van der Waals surface area contributed by atoms with E-state index in [-0.39, 0.29) is 0 Å². The van der Waals surface area contributed by atoms with Crippen LogP contribution in [0, 0.1) is 6.92 Å². The molecule has 0 radical (unpaired) electrons. The molecule has 0 aliphatic rings. The van der Waals surface area contributed by atoms with E-state index in [2.05, 4.69) is 34.4 Å². The molecule has 0 fully saturated rings. The predicted octanol–water partition coefficient (Wildman–Crippen LogP) is 2.24. The summed E-state index contributed by atoms with van der Waals surface area (Å²) in [5.74, 6) is 2.68. The van der Waals surface area contributed by atoms with Gasteiger partial charge in [0.15, 0.2) is 0 Å². The van der Waals surface area contributed by atoms with Gasteiger partial charge >= 0.3 is 0 Å². The van der Waals surface area contributed by atoms with E-state index in [1.165, 1.54) is 0 Å². The van der Waals surface area contributed by atoms with Gasteiger partial charge in [-0.15, -0.1) is 0 Å². The summed E-state index contributed by atoms with van der Waals surface area (Å²) in [7, 11) is 1.67. The molecule has 0 amide bonds. The van der Waals surface area contributed by atoms with Crippen molar-refractivity contribution in [3.8, 4) is 0 Å². The number of ether oxygens (including phenoxy) is 2. The van der Waals surface area contributed by atoms with Crippen LogP contribution in [-0.4, -0.2) is 50.0 Å². The van der Waals surface area contributed by atoms with Gasteiger partial charge in [-0.1, -0.05) is 6.92 Å². The van der Waals surface area contributed by atoms with Crippen molar-refractivity contribution in [2.75, 3.05) is 50.7 Å². The SMILES string of the molecule is CCCc1nc(NCC)c(C)c(NCCOCCOC)n1. The van der Waals surface area contributed by atoms with Crippen LogP contribution in [0.1, 0.15) is 31.7 Å². The first kappa shape index (κ1) is 17.7. The highest BCUT2D eigenvalue weighted by molar-refractivity contribution is 5.57. The van der Waals surface area contributed by atoms with Gasteiger partial charge < -0.3 is 20.1 Å². The standard InChI is InChI=1S/C15H28N4O2/c1-5-7-13-18-14(16-6-2)12(3)15(19-13)17-8-9-21-11-10-20-4/h5-11H2,1-4H3,(H2,16,17,18,19). The molecule has 0 spiro atoms.